The monoisotopic (exact) mass is 358 g/mol. The lowest BCUT2D eigenvalue weighted by atomic mass is 9.67. The molecule has 26 heavy (non-hydrogen) atoms. The average Bonchev–Trinajstić information content (AvgIpc) is 2.69. The van der Waals surface area contributed by atoms with Crippen LogP contribution in [0.1, 0.15) is 44.6 Å². The quantitative estimate of drug-likeness (QED) is 0.813. The highest BCUT2D eigenvalue weighted by Crippen LogP contribution is 2.45. The summed E-state index contributed by atoms with van der Waals surface area (Å²) >= 11 is 0. The van der Waals surface area contributed by atoms with E-state index in [1.807, 2.05) is 34.9 Å². The van der Waals surface area contributed by atoms with E-state index >= 15 is 0 Å². The van der Waals surface area contributed by atoms with E-state index in [1.165, 1.54) is 0 Å². The van der Waals surface area contributed by atoms with Crippen molar-refractivity contribution in [1.82, 2.24) is 9.80 Å². The number of hydrogen-bond acceptors (Lipinski definition) is 3. The van der Waals surface area contributed by atoms with Crippen LogP contribution in [0.5, 0.6) is 0 Å². The van der Waals surface area contributed by atoms with Gasteiger partial charge in [0.2, 0.25) is 11.8 Å². The molecule has 5 heteroatoms. The third-order valence-electron chi connectivity index (χ3n) is 5.96. The first-order valence-electron chi connectivity index (χ1n) is 9.78. The molecule has 1 spiro atoms. The number of carbonyl (C=O) groups excluding carboxylic acids is 2. The zero-order chi connectivity index (χ0) is 18.6. The van der Waals surface area contributed by atoms with Crippen molar-refractivity contribution in [2.75, 3.05) is 39.4 Å². The molecule has 2 aliphatic heterocycles. The Morgan fingerprint density at radius 3 is 2.50 bits per heavy atom. The minimum atomic E-state index is -0.0597. The Morgan fingerprint density at radius 1 is 1.19 bits per heavy atom. The summed E-state index contributed by atoms with van der Waals surface area (Å²) < 4.78 is 5.26. The highest BCUT2D eigenvalue weighted by Gasteiger charge is 2.46. The van der Waals surface area contributed by atoms with Crippen LogP contribution in [-0.4, -0.2) is 61.0 Å². The molecule has 1 aromatic rings. The van der Waals surface area contributed by atoms with E-state index in [2.05, 4.69) is 19.1 Å². The predicted octanol–water partition coefficient (Wildman–Crippen LogP) is 2.67. The largest absolute Gasteiger partial charge is 0.372 e. The van der Waals surface area contributed by atoms with Crippen molar-refractivity contribution in [3.63, 3.8) is 0 Å². The Balaban J connectivity index is 1.72. The molecular formula is C21H30N2O3. The molecule has 1 aromatic carbocycles. The number of benzene rings is 1. The Kier molecular flexibility index (Phi) is 5.97. The molecule has 2 aliphatic rings. The van der Waals surface area contributed by atoms with Gasteiger partial charge in [0.15, 0.2) is 0 Å². The summed E-state index contributed by atoms with van der Waals surface area (Å²) in [6.07, 6.45) is 2.80. The highest BCUT2D eigenvalue weighted by atomic mass is 16.5. The predicted molar refractivity (Wildman–Crippen MR) is 101 cm³/mol. The van der Waals surface area contributed by atoms with Gasteiger partial charge in [0.05, 0.1) is 5.92 Å². The number of hydrogen-bond donors (Lipinski definition) is 0. The minimum absolute atomic E-state index is 0.0597. The first-order valence-corrected chi connectivity index (χ1v) is 9.78. The van der Waals surface area contributed by atoms with Crippen LogP contribution in [0.2, 0.25) is 0 Å². The maximum Gasteiger partial charge on any atom is 0.248 e. The molecule has 2 amide bonds. The van der Waals surface area contributed by atoms with Gasteiger partial charge in [0.1, 0.15) is 6.61 Å². The van der Waals surface area contributed by atoms with Gasteiger partial charge in [0, 0.05) is 32.8 Å². The molecular weight excluding hydrogens is 328 g/mol. The van der Waals surface area contributed by atoms with Gasteiger partial charge in [-0.1, -0.05) is 30.3 Å². The van der Waals surface area contributed by atoms with Crippen molar-refractivity contribution in [2.24, 2.45) is 5.41 Å². The third-order valence-corrected chi connectivity index (χ3v) is 5.96. The molecule has 3 rings (SSSR count). The number of nitrogens with zero attached hydrogens (tertiary/aromatic N) is 2. The summed E-state index contributed by atoms with van der Waals surface area (Å²) in [6.45, 7) is 7.79. The van der Waals surface area contributed by atoms with Crippen LogP contribution in [-0.2, 0) is 14.3 Å². The number of amides is 2. The van der Waals surface area contributed by atoms with Gasteiger partial charge in [-0.25, -0.2) is 0 Å². The normalized spacial score (nSPS) is 22.7. The van der Waals surface area contributed by atoms with Gasteiger partial charge in [-0.15, -0.1) is 0 Å². The molecule has 0 saturated carbocycles. The van der Waals surface area contributed by atoms with Crippen LogP contribution in [0.15, 0.2) is 30.3 Å². The second kappa shape index (κ2) is 8.21. The molecule has 142 valence electrons. The fourth-order valence-corrected chi connectivity index (χ4v) is 4.37. The Labute approximate surface area is 156 Å². The molecule has 2 fully saturated rings. The summed E-state index contributed by atoms with van der Waals surface area (Å²) in [4.78, 5) is 29.1. The number of rotatable bonds is 5. The first-order chi connectivity index (χ1) is 12.6. The minimum Gasteiger partial charge on any atom is -0.372 e. The van der Waals surface area contributed by atoms with Gasteiger partial charge < -0.3 is 14.5 Å². The maximum absolute atomic E-state index is 12.9. The SMILES string of the molecule is CCOCC(=O)N1CCC2(CC1)C[C@@H](c1ccccc1)C(=O)N(CC)C2. The van der Waals surface area contributed by atoms with Crippen LogP contribution < -0.4 is 0 Å². The summed E-state index contributed by atoms with van der Waals surface area (Å²) in [5, 5.41) is 0. The Hall–Kier alpha value is -1.88. The van der Waals surface area contributed by atoms with Gasteiger partial charge in [0.25, 0.3) is 0 Å². The molecule has 0 radical (unpaired) electrons. The van der Waals surface area contributed by atoms with Crippen LogP contribution in [0, 0.1) is 5.41 Å². The lowest BCUT2D eigenvalue weighted by Gasteiger charge is -2.49. The van der Waals surface area contributed by atoms with Gasteiger partial charge in [-0.05, 0) is 44.1 Å². The van der Waals surface area contributed by atoms with E-state index in [0.29, 0.717) is 6.61 Å². The van der Waals surface area contributed by atoms with E-state index in [0.717, 1.165) is 51.0 Å². The Morgan fingerprint density at radius 2 is 1.88 bits per heavy atom. The molecule has 1 atom stereocenters. The van der Waals surface area contributed by atoms with Crippen molar-refractivity contribution in [3.8, 4) is 0 Å². The zero-order valence-electron chi connectivity index (χ0n) is 15.9. The van der Waals surface area contributed by atoms with Crippen molar-refractivity contribution >= 4 is 11.8 Å². The summed E-state index contributed by atoms with van der Waals surface area (Å²) in [7, 11) is 0. The third kappa shape index (κ3) is 3.93. The molecule has 0 N–H and O–H groups in total. The van der Waals surface area contributed by atoms with Crippen LogP contribution in [0.4, 0.5) is 0 Å². The zero-order valence-corrected chi connectivity index (χ0v) is 15.9. The topological polar surface area (TPSA) is 49.9 Å². The van der Waals surface area contributed by atoms with E-state index in [1.54, 1.807) is 0 Å². The van der Waals surface area contributed by atoms with Crippen molar-refractivity contribution in [2.45, 2.75) is 39.0 Å². The fourth-order valence-electron chi connectivity index (χ4n) is 4.37. The van der Waals surface area contributed by atoms with Crippen molar-refractivity contribution in [3.05, 3.63) is 35.9 Å². The standard InChI is InChI=1S/C21H30N2O3/c1-3-22-16-21(10-12-23(13-11-21)19(24)15-26-4-2)14-18(20(22)25)17-8-6-5-7-9-17/h5-9,18H,3-4,10-16H2,1-2H3/t18-/m0/s1. The van der Waals surface area contributed by atoms with E-state index in [9.17, 15) is 9.59 Å². The van der Waals surface area contributed by atoms with Crippen LogP contribution >= 0.6 is 0 Å². The molecule has 2 saturated heterocycles. The van der Waals surface area contributed by atoms with Gasteiger partial charge in [-0.2, -0.15) is 0 Å². The van der Waals surface area contributed by atoms with E-state index in [4.69, 9.17) is 4.74 Å². The molecule has 0 unspecified atom stereocenters. The summed E-state index contributed by atoms with van der Waals surface area (Å²) in [5.74, 6) is 0.273. The van der Waals surface area contributed by atoms with Crippen molar-refractivity contribution in [1.29, 1.82) is 0 Å². The number of carbonyl (C=O) groups is 2. The molecule has 0 aromatic heterocycles. The van der Waals surface area contributed by atoms with E-state index in [-0.39, 0.29) is 29.8 Å². The summed E-state index contributed by atoms with van der Waals surface area (Å²) in [5.41, 5.74) is 1.23. The first kappa shape index (κ1) is 18.9. The lowest BCUT2D eigenvalue weighted by molar-refractivity contribution is -0.145. The maximum atomic E-state index is 12.9. The Bertz CT molecular complexity index is 623. The van der Waals surface area contributed by atoms with Gasteiger partial charge >= 0.3 is 0 Å². The molecule has 0 bridgehead atoms. The fraction of sp³-hybridized carbons (Fsp3) is 0.619. The van der Waals surface area contributed by atoms with Crippen LogP contribution in [0.25, 0.3) is 0 Å². The smallest absolute Gasteiger partial charge is 0.248 e. The van der Waals surface area contributed by atoms with Crippen molar-refractivity contribution < 1.29 is 14.3 Å². The second-order valence-electron chi connectivity index (χ2n) is 7.54. The highest BCUT2D eigenvalue weighted by molar-refractivity contribution is 5.85. The number of piperidine rings is 2. The second-order valence-corrected chi connectivity index (χ2v) is 7.54. The molecule has 5 nitrogen and oxygen atoms in total. The van der Waals surface area contributed by atoms with Crippen LogP contribution in [0.3, 0.4) is 0 Å². The van der Waals surface area contributed by atoms with E-state index < -0.39 is 0 Å². The summed E-state index contributed by atoms with van der Waals surface area (Å²) in [6, 6.07) is 10.1. The lowest BCUT2D eigenvalue weighted by Crippen LogP contribution is -2.54. The number of likely N-dealkylation sites (N-methyl/N-ethyl adjacent to an activating group) is 1. The average molecular weight is 358 g/mol. The molecule has 2 heterocycles. The molecule has 0 aliphatic carbocycles. The number of ether oxygens (including phenoxy) is 1. The van der Waals surface area contributed by atoms with Gasteiger partial charge in [-0.3, -0.25) is 9.59 Å². The number of likely N-dealkylation sites (tertiary alicyclic amines) is 2.